The molecule has 0 bridgehead atoms. The summed E-state index contributed by atoms with van der Waals surface area (Å²) in [6, 6.07) is 10.8. The second-order valence-corrected chi connectivity index (χ2v) is 5.44. The Morgan fingerprint density at radius 1 is 1.30 bits per heavy atom. The number of fused-ring (bicyclic) bond motifs is 1. The van der Waals surface area contributed by atoms with Crippen molar-refractivity contribution < 1.29 is 9.90 Å². The van der Waals surface area contributed by atoms with E-state index in [-0.39, 0.29) is 6.42 Å². The van der Waals surface area contributed by atoms with Gasteiger partial charge in [-0.2, -0.15) is 0 Å². The van der Waals surface area contributed by atoms with Gasteiger partial charge in [-0.05, 0) is 36.8 Å². The standard InChI is InChI=1S/C16H13ClN4O2/c1-10-6-7-21-14(8-10)18-13(9-15(22)23)16(21)20-19-12-5-3-2-4-11(12)17/h2-8H,9H2,1H3,(H,22,23). The van der Waals surface area contributed by atoms with Crippen LogP contribution >= 0.6 is 11.6 Å². The first-order chi connectivity index (χ1) is 11.0. The number of aliphatic carboxylic acids is 1. The van der Waals surface area contributed by atoms with Crippen molar-refractivity contribution in [2.24, 2.45) is 10.2 Å². The Labute approximate surface area is 137 Å². The van der Waals surface area contributed by atoms with Crippen molar-refractivity contribution in [3.8, 4) is 0 Å². The molecule has 116 valence electrons. The predicted octanol–water partition coefficient (Wildman–Crippen LogP) is 4.34. The Hall–Kier alpha value is -2.73. The number of imidazole rings is 1. The van der Waals surface area contributed by atoms with E-state index in [0.29, 0.717) is 27.9 Å². The van der Waals surface area contributed by atoms with Crippen LogP contribution in [-0.4, -0.2) is 20.5 Å². The summed E-state index contributed by atoms with van der Waals surface area (Å²) in [5, 5.41) is 17.8. The number of carbonyl (C=O) groups is 1. The van der Waals surface area contributed by atoms with Gasteiger partial charge in [0.25, 0.3) is 0 Å². The minimum absolute atomic E-state index is 0.225. The molecule has 3 rings (SSSR count). The van der Waals surface area contributed by atoms with Crippen LogP contribution in [0.5, 0.6) is 0 Å². The summed E-state index contributed by atoms with van der Waals surface area (Å²) in [7, 11) is 0. The zero-order valence-corrected chi connectivity index (χ0v) is 13.0. The molecule has 0 aliphatic carbocycles. The summed E-state index contributed by atoms with van der Waals surface area (Å²) in [5.41, 5.74) is 2.53. The summed E-state index contributed by atoms with van der Waals surface area (Å²) in [6.45, 7) is 1.94. The van der Waals surface area contributed by atoms with Crippen LogP contribution in [0.2, 0.25) is 5.02 Å². The van der Waals surface area contributed by atoms with Crippen LogP contribution in [0.15, 0.2) is 52.8 Å². The van der Waals surface area contributed by atoms with Gasteiger partial charge in [0.05, 0.1) is 17.1 Å². The third-order valence-electron chi connectivity index (χ3n) is 3.25. The van der Waals surface area contributed by atoms with Crippen LogP contribution in [0.4, 0.5) is 11.5 Å². The fourth-order valence-electron chi connectivity index (χ4n) is 2.18. The van der Waals surface area contributed by atoms with E-state index in [1.54, 1.807) is 34.9 Å². The molecule has 0 aliphatic rings. The third kappa shape index (κ3) is 3.22. The smallest absolute Gasteiger partial charge is 0.309 e. The molecule has 3 aromatic rings. The molecule has 2 aromatic heterocycles. The lowest BCUT2D eigenvalue weighted by Gasteiger charge is -1.99. The van der Waals surface area contributed by atoms with E-state index in [9.17, 15) is 4.79 Å². The molecule has 2 heterocycles. The number of hydrogen-bond acceptors (Lipinski definition) is 4. The number of benzene rings is 1. The maximum absolute atomic E-state index is 11.1. The van der Waals surface area contributed by atoms with Gasteiger partial charge in [-0.15, -0.1) is 10.2 Å². The van der Waals surface area contributed by atoms with Gasteiger partial charge >= 0.3 is 5.97 Å². The highest BCUT2D eigenvalue weighted by Gasteiger charge is 2.15. The Morgan fingerprint density at radius 2 is 2.09 bits per heavy atom. The zero-order chi connectivity index (χ0) is 16.4. The van der Waals surface area contributed by atoms with E-state index in [1.165, 1.54) is 0 Å². The van der Waals surface area contributed by atoms with E-state index in [2.05, 4.69) is 15.2 Å². The van der Waals surface area contributed by atoms with Crippen molar-refractivity contribution in [2.45, 2.75) is 13.3 Å². The average Bonchev–Trinajstić information content (AvgIpc) is 2.82. The summed E-state index contributed by atoms with van der Waals surface area (Å²) in [6.07, 6.45) is 1.57. The fourth-order valence-corrected chi connectivity index (χ4v) is 2.36. The highest BCUT2D eigenvalue weighted by molar-refractivity contribution is 6.32. The minimum Gasteiger partial charge on any atom is -0.481 e. The Kier molecular flexibility index (Phi) is 4.08. The number of aromatic nitrogens is 2. The summed E-state index contributed by atoms with van der Waals surface area (Å²) in [4.78, 5) is 15.4. The quantitative estimate of drug-likeness (QED) is 0.723. The molecule has 0 amide bonds. The number of azo groups is 1. The molecule has 0 radical (unpaired) electrons. The molecule has 1 aromatic carbocycles. The first kappa shape index (κ1) is 15.2. The largest absolute Gasteiger partial charge is 0.481 e. The Balaban J connectivity index is 2.10. The number of halogens is 1. The molecule has 0 atom stereocenters. The van der Waals surface area contributed by atoms with Crippen molar-refractivity contribution in [3.05, 3.63) is 58.9 Å². The van der Waals surface area contributed by atoms with E-state index >= 15 is 0 Å². The molecule has 0 saturated heterocycles. The minimum atomic E-state index is -0.973. The number of rotatable bonds is 4. The van der Waals surface area contributed by atoms with Gasteiger partial charge < -0.3 is 5.11 Å². The highest BCUT2D eigenvalue weighted by Crippen LogP contribution is 2.28. The van der Waals surface area contributed by atoms with Gasteiger partial charge in [0, 0.05) is 6.20 Å². The van der Waals surface area contributed by atoms with E-state index in [4.69, 9.17) is 16.7 Å². The van der Waals surface area contributed by atoms with Crippen LogP contribution < -0.4 is 0 Å². The van der Waals surface area contributed by atoms with Crippen LogP contribution in [0.25, 0.3) is 5.65 Å². The molecule has 0 aliphatic heterocycles. The van der Waals surface area contributed by atoms with Crippen molar-refractivity contribution in [1.82, 2.24) is 9.38 Å². The Bertz CT molecular complexity index is 918. The van der Waals surface area contributed by atoms with Gasteiger partial charge in [0.15, 0.2) is 5.82 Å². The van der Waals surface area contributed by atoms with Gasteiger partial charge in [-0.1, -0.05) is 23.7 Å². The van der Waals surface area contributed by atoms with Gasteiger partial charge in [-0.25, -0.2) is 4.98 Å². The lowest BCUT2D eigenvalue weighted by Crippen LogP contribution is -2.00. The third-order valence-corrected chi connectivity index (χ3v) is 3.57. The van der Waals surface area contributed by atoms with Gasteiger partial charge in [0.1, 0.15) is 11.3 Å². The molecule has 6 nitrogen and oxygen atoms in total. The van der Waals surface area contributed by atoms with Crippen LogP contribution in [0.3, 0.4) is 0 Å². The second-order valence-electron chi connectivity index (χ2n) is 5.04. The number of aryl methyl sites for hydroxylation is 1. The molecule has 0 fully saturated rings. The normalized spacial score (nSPS) is 11.4. The van der Waals surface area contributed by atoms with E-state index < -0.39 is 5.97 Å². The van der Waals surface area contributed by atoms with E-state index in [1.807, 2.05) is 19.1 Å². The van der Waals surface area contributed by atoms with Crippen LogP contribution in [0.1, 0.15) is 11.3 Å². The molecular weight excluding hydrogens is 316 g/mol. The number of carboxylic acids is 1. The molecule has 23 heavy (non-hydrogen) atoms. The summed E-state index contributed by atoms with van der Waals surface area (Å²) >= 11 is 6.06. The van der Waals surface area contributed by atoms with Gasteiger partial charge in [0.2, 0.25) is 0 Å². The van der Waals surface area contributed by atoms with Crippen LogP contribution in [0, 0.1) is 6.92 Å². The molecule has 1 N–H and O–H groups in total. The van der Waals surface area contributed by atoms with Crippen molar-refractivity contribution in [1.29, 1.82) is 0 Å². The molecule has 0 unspecified atom stereocenters. The first-order valence-electron chi connectivity index (χ1n) is 6.90. The lowest BCUT2D eigenvalue weighted by molar-refractivity contribution is -0.136. The van der Waals surface area contributed by atoms with Crippen molar-refractivity contribution in [3.63, 3.8) is 0 Å². The lowest BCUT2D eigenvalue weighted by atomic mass is 10.3. The molecular formula is C16H13ClN4O2. The summed E-state index contributed by atoms with van der Waals surface area (Å²) in [5.74, 6) is -0.582. The number of nitrogens with zero attached hydrogens (tertiary/aromatic N) is 4. The van der Waals surface area contributed by atoms with Gasteiger partial charge in [-0.3, -0.25) is 9.20 Å². The first-order valence-corrected chi connectivity index (χ1v) is 7.28. The fraction of sp³-hybridized carbons (Fsp3) is 0.125. The number of pyridine rings is 1. The van der Waals surface area contributed by atoms with Crippen molar-refractivity contribution >= 4 is 34.7 Å². The topological polar surface area (TPSA) is 79.3 Å². The monoisotopic (exact) mass is 328 g/mol. The SMILES string of the molecule is Cc1ccn2c(N=Nc3ccccc3Cl)c(CC(=O)O)nc2c1. The maximum Gasteiger partial charge on any atom is 0.309 e. The number of hydrogen-bond donors (Lipinski definition) is 1. The maximum atomic E-state index is 11.1. The average molecular weight is 329 g/mol. The molecule has 0 saturated carbocycles. The highest BCUT2D eigenvalue weighted by atomic mass is 35.5. The second kappa shape index (κ2) is 6.18. The zero-order valence-electron chi connectivity index (χ0n) is 12.3. The molecule has 7 heteroatoms. The number of carboxylic acid groups (broad SMARTS) is 1. The summed E-state index contributed by atoms with van der Waals surface area (Å²) < 4.78 is 1.71. The van der Waals surface area contributed by atoms with Crippen molar-refractivity contribution in [2.75, 3.05) is 0 Å². The molecule has 0 spiro atoms. The van der Waals surface area contributed by atoms with Crippen LogP contribution in [-0.2, 0) is 11.2 Å². The predicted molar refractivity (Wildman–Crippen MR) is 86.9 cm³/mol. The Morgan fingerprint density at radius 3 is 2.83 bits per heavy atom. The van der Waals surface area contributed by atoms with E-state index in [0.717, 1.165) is 5.56 Å².